The highest BCUT2D eigenvalue weighted by Gasteiger charge is 2.16. The van der Waals surface area contributed by atoms with Crippen molar-refractivity contribution in [3.63, 3.8) is 0 Å². The van der Waals surface area contributed by atoms with Gasteiger partial charge in [0.25, 0.3) is 5.56 Å². The highest BCUT2D eigenvalue weighted by molar-refractivity contribution is 7.17. The maximum Gasteiger partial charge on any atom is 0.268 e. The summed E-state index contributed by atoms with van der Waals surface area (Å²) >= 11 is 2.84. The van der Waals surface area contributed by atoms with Gasteiger partial charge in [-0.15, -0.1) is 22.7 Å². The second kappa shape index (κ2) is 8.76. The van der Waals surface area contributed by atoms with E-state index in [2.05, 4.69) is 15.0 Å². The number of carbonyl (C=O) groups excluding carboxylic acids is 1. The molecule has 4 aromatic rings. The first kappa shape index (κ1) is 20.2. The molecule has 154 valence electrons. The third-order valence-electron chi connectivity index (χ3n) is 4.48. The molecule has 0 fully saturated rings. The first-order valence-corrected chi connectivity index (χ1v) is 11.2. The molecule has 0 spiro atoms. The molecule has 0 aliphatic heterocycles. The Bertz CT molecular complexity index is 1240. The predicted molar refractivity (Wildman–Crippen MR) is 119 cm³/mol. The largest absolute Gasteiger partial charge is 0.493 e. The van der Waals surface area contributed by atoms with Crippen LogP contribution in [-0.2, 0) is 17.8 Å². The third-order valence-corrected chi connectivity index (χ3v) is 6.30. The fourth-order valence-electron chi connectivity index (χ4n) is 3.04. The molecule has 0 aliphatic rings. The molecule has 9 heteroatoms. The van der Waals surface area contributed by atoms with E-state index in [1.54, 1.807) is 18.0 Å². The van der Waals surface area contributed by atoms with Gasteiger partial charge in [-0.2, -0.15) is 0 Å². The predicted octanol–water partition coefficient (Wildman–Crippen LogP) is 3.71. The number of likely N-dealkylation sites (N-methyl/N-ethyl adjacent to an activating group) is 1. The van der Waals surface area contributed by atoms with E-state index in [1.807, 2.05) is 41.9 Å². The van der Waals surface area contributed by atoms with E-state index in [-0.39, 0.29) is 24.4 Å². The smallest absolute Gasteiger partial charge is 0.268 e. The molecule has 1 N–H and O–H groups in total. The van der Waals surface area contributed by atoms with Crippen LogP contribution >= 0.6 is 22.7 Å². The Labute approximate surface area is 181 Å². The van der Waals surface area contributed by atoms with Gasteiger partial charge in [0.05, 0.1) is 36.3 Å². The van der Waals surface area contributed by atoms with Crippen LogP contribution < -0.4 is 10.3 Å². The normalized spacial score (nSPS) is 11.0. The number of rotatable bonds is 7. The number of H-pyrrole nitrogens is 1. The molecular formula is C21H20N4O3S2. The van der Waals surface area contributed by atoms with E-state index < -0.39 is 0 Å². The van der Waals surface area contributed by atoms with Crippen LogP contribution in [0.5, 0.6) is 5.75 Å². The quantitative estimate of drug-likeness (QED) is 0.473. The lowest BCUT2D eigenvalue weighted by Crippen LogP contribution is -2.29. The van der Waals surface area contributed by atoms with Gasteiger partial charge in [-0.3, -0.25) is 9.59 Å². The van der Waals surface area contributed by atoms with Gasteiger partial charge in [-0.05, 0) is 30.5 Å². The van der Waals surface area contributed by atoms with E-state index in [4.69, 9.17) is 4.74 Å². The van der Waals surface area contributed by atoms with Crippen LogP contribution in [0.25, 0.3) is 20.8 Å². The van der Waals surface area contributed by atoms with Crippen molar-refractivity contribution in [3.8, 4) is 16.3 Å². The number of hydrogen-bond acceptors (Lipinski definition) is 7. The van der Waals surface area contributed by atoms with Crippen LogP contribution in [0.2, 0.25) is 0 Å². The Morgan fingerprint density at radius 1 is 1.20 bits per heavy atom. The molecule has 3 heterocycles. The Hall–Kier alpha value is -3.04. The van der Waals surface area contributed by atoms with Gasteiger partial charge < -0.3 is 14.6 Å². The highest BCUT2D eigenvalue weighted by Crippen LogP contribution is 2.32. The SMILES string of the molecule is CCOc1ccccc1-c1nc(CC(=O)N(C)Cc2nc3ccsc3c(=O)[nH]2)cs1. The van der Waals surface area contributed by atoms with Crippen LogP contribution in [-0.4, -0.2) is 39.4 Å². The van der Waals surface area contributed by atoms with Crippen LogP contribution in [0.1, 0.15) is 18.4 Å². The van der Waals surface area contributed by atoms with Gasteiger partial charge in [0.2, 0.25) is 5.91 Å². The molecule has 0 unspecified atom stereocenters. The van der Waals surface area contributed by atoms with Crippen LogP contribution in [0.3, 0.4) is 0 Å². The third kappa shape index (κ3) is 4.27. The number of amides is 1. The van der Waals surface area contributed by atoms with E-state index in [1.165, 1.54) is 22.7 Å². The Morgan fingerprint density at radius 3 is 2.87 bits per heavy atom. The summed E-state index contributed by atoms with van der Waals surface area (Å²) in [6, 6.07) is 9.54. The zero-order valence-electron chi connectivity index (χ0n) is 16.5. The zero-order chi connectivity index (χ0) is 21.1. The number of aromatic amines is 1. The fourth-order valence-corrected chi connectivity index (χ4v) is 4.61. The average Bonchev–Trinajstić information content (AvgIpc) is 3.38. The zero-order valence-corrected chi connectivity index (χ0v) is 18.2. The van der Waals surface area contributed by atoms with E-state index >= 15 is 0 Å². The minimum absolute atomic E-state index is 0.0991. The summed E-state index contributed by atoms with van der Waals surface area (Å²) in [5, 5.41) is 4.54. The van der Waals surface area contributed by atoms with E-state index in [9.17, 15) is 9.59 Å². The first-order valence-electron chi connectivity index (χ1n) is 9.42. The van der Waals surface area contributed by atoms with Gasteiger partial charge in [0.1, 0.15) is 21.3 Å². The van der Waals surface area contributed by atoms with Crippen molar-refractivity contribution in [2.45, 2.75) is 19.9 Å². The molecule has 0 saturated carbocycles. The molecule has 7 nitrogen and oxygen atoms in total. The van der Waals surface area contributed by atoms with Gasteiger partial charge >= 0.3 is 0 Å². The lowest BCUT2D eigenvalue weighted by atomic mass is 10.2. The van der Waals surface area contributed by atoms with Crippen LogP contribution in [0, 0.1) is 0 Å². The summed E-state index contributed by atoms with van der Waals surface area (Å²) in [4.78, 5) is 38.1. The summed E-state index contributed by atoms with van der Waals surface area (Å²) in [7, 11) is 1.69. The Balaban J connectivity index is 1.45. The number of thiazole rings is 1. The highest BCUT2D eigenvalue weighted by atomic mass is 32.1. The number of hydrogen-bond donors (Lipinski definition) is 1. The number of para-hydroxylation sites is 1. The minimum Gasteiger partial charge on any atom is -0.493 e. The number of ether oxygens (including phenoxy) is 1. The topological polar surface area (TPSA) is 88.2 Å². The number of fused-ring (bicyclic) bond motifs is 1. The summed E-state index contributed by atoms with van der Waals surface area (Å²) in [5.41, 5.74) is 2.09. The molecule has 0 atom stereocenters. The second-order valence-corrected chi connectivity index (χ2v) is 8.42. The van der Waals surface area contributed by atoms with Crippen molar-refractivity contribution in [2.75, 3.05) is 13.7 Å². The monoisotopic (exact) mass is 440 g/mol. The van der Waals surface area contributed by atoms with Crippen molar-refractivity contribution in [1.29, 1.82) is 0 Å². The number of nitrogens with one attached hydrogen (secondary N) is 1. The summed E-state index contributed by atoms with van der Waals surface area (Å²) < 4.78 is 6.27. The fraction of sp³-hybridized carbons (Fsp3) is 0.238. The van der Waals surface area contributed by atoms with Crippen molar-refractivity contribution in [2.24, 2.45) is 0 Å². The van der Waals surface area contributed by atoms with Crippen molar-refractivity contribution in [3.05, 3.63) is 63.0 Å². The number of nitrogens with zero attached hydrogens (tertiary/aromatic N) is 3. The first-order chi connectivity index (χ1) is 14.5. The average molecular weight is 441 g/mol. The molecular weight excluding hydrogens is 420 g/mol. The van der Waals surface area contributed by atoms with Crippen LogP contribution in [0.4, 0.5) is 0 Å². The lowest BCUT2D eigenvalue weighted by molar-refractivity contribution is -0.129. The molecule has 0 bridgehead atoms. The Kier molecular flexibility index (Phi) is 5.91. The number of benzene rings is 1. The molecule has 0 aliphatic carbocycles. The number of aromatic nitrogens is 3. The molecule has 3 aromatic heterocycles. The minimum atomic E-state index is -0.178. The molecule has 1 aromatic carbocycles. The van der Waals surface area contributed by atoms with Crippen molar-refractivity contribution in [1.82, 2.24) is 19.9 Å². The summed E-state index contributed by atoms with van der Waals surface area (Å²) in [6.07, 6.45) is 0.175. The second-order valence-electron chi connectivity index (χ2n) is 6.65. The molecule has 30 heavy (non-hydrogen) atoms. The van der Waals surface area contributed by atoms with Crippen molar-refractivity contribution < 1.29 is 9.53 Å². The number of carbonyl (C=O) groups is 1. The van der Waals surface area contributed by atoms with E-state index in [0.29, 0.717) is 28.3 Å². The molecule has 0 saturated heterocycles. The molecule has 4 rings (SSSR count). The molecule has 1 amide bonds. The van der Waals surface area contributed by atoms with Gasteiger partial charge in [0, 0.05) is 12.4 Å². The van der Waals surface area contributed by atoms with Crippen molar-refractivity contribution >= 4 is 38.8 Å². The van der Waals surface area contributed by atoms with Gasteiger partial charge in [-0.1, -0.05) is 12.1 Å². The van der Waals surface area contributed by atoms with Gasteiger partial charge in [-0.25, -0.2) is 9.97 Å². The maximum absolute atomic E-state index is 12.7. The molecule has 0 radical (unpaired) electrons. The van der Waals surface area contributed by atoms with Crippen LogP contribution in [0.15, 0.2) is 45.9 Å². The van der Waals surface area contributed by atoms with Gasteiger partial charge in [0.15, 0.2) is 0 Å². The van der Waals surface area contributed by atoms with E-state index in [0.717, 1.165) is 16.3 Å². The lowest BCUT2D eigenvalue weighted by Gasteiger charge is -2.16. The maximum atomic E-state index is 12.7. The standard InChI is InChI=1S/C21H20N4O3S2/c1-3-28-16-7-5-4-6-14(16)21-22-13(12-30-21)10-18(26)25(2)11-17-23-15-8-9-29-19(15)20(27)24-17/h4-9,12H,3,10-11H2,1-2H3,(H,23,24,27). The summed E-state index contributed by atoms with van der Waals surface area (Å²) in [5.74, 6) is 1.15. The Morgan fingerprint density at radius 2 is 2.03 bits per heavy atom. The summed E-state index contributed by atoms with van der Waals surface area (Å²) in [6.45, 7) is 2.74. The number of thiophene rings is 1.